The molecule has 112 valence electrons. The molecule has 2 nitrogen and oxygen atoms in total. The number of alkyl halides is 3. The van der Waals surface area contributed by atoms with Crippen LogP contribution in [0.2, 0.25) is 0 Å². The lowest BCUT2D eigenvalue weighted by Gasteiger charge is -2.26. The van der Waals surface area contributed by atoms with Gasteiger partial charge in [-0.05, 0) is 53.0 Å². The van der Waals surface area contributed by atoms with Gasteiger partial charge in [-0.15, -0.1) is 0 Å². The molecule has 0 radical (unpaired) electrons. The fourth-order valence-corrected chi connectivity index (χ4v) is 3.37. The van der Waals surface area contributed by atoms with E-state index in [-0.39, 0.29) is 5.41 Å². The predicted octanol–water partition coefficient (Wildman–Crippen LogP) is 3.90. The first-order valence-electron chi connectivity index (χ1n) is 6.51. The standard InChI is InChI=1S/C14H18BrF3N2/c1-13(8-19-2)5-6-20(9-13)12-4-3-10(7-11(12)15)14(16,17)18/h3-4,7,19H,5-6,8-9H2,1-2H3. The summed E-state index contributed by atoms with van der Waals surface area (Å²) in [6.45, 7) is 4.81. The van der Waals surface area contributed by atoms with E-state index in [1.165, 1.54) is 0 Å². The van der Waals surface area contributed by atoms with Crippen molar-refractivity contribution in [2.45, 2.75) is 19.5 Å². The Balaban J connectivity index is 2.19. The maximum Gasteiger partial charge on any atom is 0.416 e. The predicted molar refractivity (Wildman–Crippen MR) is 78.0 cm³/mol. The first kappa shape index (κ1) is 15.6. The molecule has 0 aromatic heterocycles. The summed E-state index contributed by atoms with van der Waals surface area (Å²) < 4.78 is 38.5. The van der Waals surface area contributed by atoms with Gasteiger partial charge in [0.15, 0.2) is 0 Å². The number of nitrogens with one attached hydrogen (secondary N) is 1. The van der Waals surface area contributed by atoms with Crippen LogP contribution >= 0.6 is 15.9 Å². The molecule has 1 N–H and O–H groups in total. The summed E-state index contributed by atoms with van der Waals surface area (Å²) in [5, 5.41) is 3.18. The van der Waals surface area contributed by atoms with Crippen molar-refractivity contribution < 1.29 is 13.2 Å². The van der Waals surface area contributed by atoms with Crippen LogP contribution in [0.4, 0.5) is 18.9 Å². The quantitative estimate of drug-likeness (QED) is 0.889. The number of halogens is 4. The van der Waals surface area contributed by atoms with E-state index in [4.69, 9.17) is 0 Å². The minimum atomic E-state index is -4.30. The molecule has 1 atom stereocenters. The fraction of sp³-hybridized carbons (Fsp3) is 0.571. The maximum atomic E-state index is 12.7. The highest BCUT2D eigenvalue weighted by Gasteiger charge is 2.35. The number of rotatable bonds is 3. The first-order chi connectivity index (χ1) is 9.25. The third-order valence-electron chi connectivity index (χ3n) is 3.78. The van der Waals surface area contributed by atoms with Crippen LogP contribution < -0.4 is 10.2 Å². The van der Waals surface area contributed by atoms with Crippen molar-refractivity contribution in [3.8, 4) is 0 Å². The molecule has 0 saturated carbocycles. The van der Waals surface area contributed by atoms with E-state index in [0.29, 0.717) is 4.47 Å². The summed E-state index contributed by atoms with van der Waals surface area (Å²) in [4.78, 5) is 2.14. The molecule has 1 aromatic rings. The highest BCUT2D eigenvalue weighted by molar-refractivity contribution is 9.10. The zero-order valence-corrected chi connectivity index (χ0v) is 13.1. The molecule has 1 saturated heterocycles. The number of hydrogen-bond donors (Lipinski definition) is 1. The van der Waals surface area contributed by atoms with Gasteiger partial charge in [-0.1, -0.05) is 6.92 Å². The van der Waals surface area contributed by atoms with Crippen molar-refractivity contribution in [2.75, 3.05) is 31.6 Å². The molecule has 0 amide bonds. The number of hydrogen-bond acceptors (Lipinski definition) is 2. The van der Waals surface area contributed by atoms with Crippen molar-refractivity contribution in [3.63, 3.8) is 0 Å². The van der Waals surface area contributed by atoms with E-state index in [2.05, 4.69) is 33.1 Å². The van der Waals surface area contributed by atoms with Crippen molar-refractivity contribution in [1.29, 1.82) is 0 Å². The van der Waals surface area contributed by atoms with E-state index >= 15 is 0 Å². The molecule has 1 aliphatic rings. The SMILES string of the molecule is CNCC1(C)CCN(c2ccc(C(F)(F)F)cc2Br)C1. The Morgan fingerprint density at radius 2 is 2.10 bits per heavy atom. The Morgan fingerprint density at radius 3 is 2.65 bits per heavy atom. The third kappa shape index (κ3) is 3.28. The minimum absolute atomic E-state index is 0.164. The molecule has 2 rings (SSSR count). The second-order valence-corrected chi connectivity index (χ2v) is 6.53. The molecule has 1 fully saturated rings. The maximum absolute atomic E-state index is 12.7. The molecule has 1 heterocycles. The molecule has 0 spiro atoms. The molecule has 1 aliphatic heterocycles. The summed E-state index contributed by atoms with van der Waals surface area (Å²) in [5.41, 5.74) is 0.375. The molecular weight excluding hydrogens is 333 g/mol. The van der Waals surface area contributed by atoms with Gasteiger partial charge in [0.1, 0.15) is 0 Å². The van der Waals surface area contributed by atoms with Gasteiger partial charge >= 0.3 is 6.18 Å². The summed E-state index contributed by atoms with van der Waals surface area (Å²) in [5.74, 6) is 0. The molecule has 1 unspecified atom stereocenters. The smallest absolute Gasteiger partial charge is 0.370 e. The van der Waals surface area contributed by atoms with Gasteiger partial charge in [-0.3, -0.25) is 0 Å². The highest BCUT2D eigenvalue weighted by Crippen LogP contribution is 2.39. The summed E-state index contributed by atoms with van der Waals surface area (Å²) in [7, 11) is 1.92. The second-order valence-electron chi connectivity index (χ2n) is 5.68. The van der Waals surface area contributed by atoms with Gasteiger partial charge in [-0.2, -0.15) is 13.2 Å². The Labute approximate surface area is 125 Å². The van der Waals surface area contributed by atoms with Gasteiger partial charge in [0.25, 0.3) is 0 Å². The second kappa shape index (κ2) is 5.56. The van der Waals surface area contributed by atoms with Gasteiger partial charge in [-0.25, -0.2) is 0 Å². The van der Waals surface area contributed by atoms with E-state index in [1.807, 2.05) is 7.05 Å². The van der Waals surface area contributed by atoms with Crippen LogP contribution in [0.25, 0.3) is 0 Å². The van der Waals surface area contributed by atoms with Crippen molar-refractivity contribution in [1.82, 2.24) is 5.32 Å². The molecule has 1 aromatic carbocycles. The summed E-state index contributed by atoms with van der Waals surface area (Å²) >= 11 is 3.27. The first-order valence-corrected chi connectivity index (χ1v) is 7.31. The average molecular weight is 351 g/mol. The van der Waals surface area contributed by atoms with Gasteiger partial charge in [0.2, 0.25) is 0 Å². The van der Waals surface area contributed by atoms with Crippen molar-refractivity contribution >= 4 is 21.6 Å². The fourth-order valence-electron chi connectivity index (χ4n) is 2.74. The van der Waals surface area contributed by atoms with Crippen LogP contribution in [0.3, 0.4) is 0 Å². The van der Waals surface area contributed by atoms with Crippen LogP contribution in [-0.4, -0.2) is 26.7 Å². The van der Waals surface area contributed by atoms with Gasteiger partial charge < -0.3 is 10.2 Å². The molecule has 20 heavy (non-hydrogen) atoms. The van der Waals surface area contributed by atoms with E-state index in [1.54, 1.807) is 6.07 Å². The van der Waals surface area contributed by atoms with Crippen LogP contribution in [-0.2, 0) is 6.18 Å². The molecular formula is C14H18BrF3N2. The highest BCUT2D eigenvalue weighted by atomic mass is 79.9. The Kier molecular flexibility index (Phi) is 4.35. The van der Waals surface area contributed by atoms with Crippen LogP contribution in [0, 0.1) is 5.41 Å². The van der Waals surface area contributed by atoms with E-state index in [9.17, 15) is 13.2 Å². The Morgan fingerprint density at radius 1 is 1.40 bits per heavy atom. The van der Waals surface area contributed by atoms with Crippen LogP contribution in [0.1, 0.15) is 18.9 Å². The molecule has 6 heteroatoms. The lowest BCUT2D eigenvalue weighted by atomic mass is 9.90. The van der Waals surface area contributed by atoms with Gasteiger partial charge in [0.05, 0.1) is 11.3 Å². The molecule has 0 bridgehead atoms. The summed E-state index contributed by atoms with van der Waals surface area (Å²) in [6, 6.07) is 3.86. The topological polar surface area (TPSA) is 15.3 Å². The van der Waals surface area contributed by atoms with Crippen molar-refractivity contribution in [3.05, 3.63) is 28.2 Å². The molecule has 0 aliphatic carbocycles. The third-order valence-corrected chi connectivity index (χ3v) is 4.41. The van der Waals surface area contributed by atoms with Gasteiger partial charge in [0, 0.05) is 24.1 Å². The summed E-state index contributed by atoms with van der Waals surface area (Å²) in [6.07, 6.45) is -3.27. The monoisotopic (exact) mass is 350 g/mol. The normalized spacial score (nSPS) is 23.4. The minimum Gasteiger partial charge on any atom is -0.370 e. The number of benzene rings is 1. The average Bonchev–Trinajstić information content (AvgIpc) is 2.70. The van der Waals surface area contributed by atoms with Crippen LogP contribution in [0.15, 0.2) is 22.7 Å². The number of nitrogens with zero attached hydrogens (tertiary/aromatic N) is 1. The lowest BCUT2D eigenvalue weighted by Crippen LogP contribution is -2.33. The van der Waals surface area contributed by atoms with Crippen LogP contribution in [0.5, 0.6) is 0 Å². The zero-order chi connectivity index (χ0) is 15.0. The zero-order valence-electron chi connectivity index (χ0n) is 11.5. The number of anilines is 1. The van der Waals surface area contributed by atoms with Crippen molar-refractivity contribution in [2.24, 2.45) is 5.41 Å². The largest absolute Gasteiger partial charge is 0.416 e. The Bertz CT molecular complexity index is 490. The lowest BCUT2D eigenvalue weighted by molar-refractivity contribution is -0.137. The van der Waals surface area contributed by atoms with E-state index in [0.717, 1.165) is 43.9 Å². The van der Waals surface area contributed by atoms with E-state index < -0.39 is 11.7 Å². The Hall–Kier alpha value is -0.750.